The predicted molar refractivity (Wildman–Crippen MR) is 48.9 cm³/mol. The van der Waals surface area contributed by atoms with Crippen LogP contribution < -0.4 is 5.32 Å². The van der Waals surface area contributed by atoms with Gasteiger partial charge in [0, 0.05) is 5.41 Å². The van der Waals surface area contributed by atoms with Gasteiger partial charge in [-0.3, -0.25) is 10.1 Å². The molecule has 0 aliphatic rings. The zero-order chi connectivity index (χ0) is 10.6. The first-order valence-corrected chi connectivity index (χ1v) is 3.92. The number of amides is 2. The van der Waals surface area contributed by atoms with E-state index in [1.165, 1.54) is 6.92 Å². The van der Waals surface area contributed by atoms with Crippen LogP contribution in [0.3, 0.4) is 0 Å². The van der Waals surface area contributed by atoms with Crippen LogP contribution in [0, 0.1) is 5.41 Å². The summed E-state index contributed by atoms with van der Waals surface area (Å²) in [6.07, 6.45) is -0.785. The van der Waals surface area contributed by atoms with Crippen LogP contribution in [0.4, 0.5) is 4.79 Å². The van der Waals surface area contributed by atoms with Gasteiger partial charge in [0.15, 0.2) is 0 Å². The van der Waals surface area contributed by atoms with Gasteiger partial charge in [-0.25, -0.2) is 4.79 Å². The van der Waals surface area contributed by atoms with Crippen molar-refractivity contribution in [2.75, 3.05) is 0 Å². The minimum atomic E-state index is -0.785. The lowest BCUT2D eigenvalue weighted by molar-refractivity contribution is -0.127. The number of rotatable bonds is 1. The lowest BCUT2D eigenvalue weighted by atomic mass is 9.96. The van der Waals surface area contributed by atoms with Gasteiger partial charge in [0.25, 0.3) is 0 Å². The van der Waals surface area contributed by atoms with E-state index in [0.29, 0.717) is 0 Å². The van der Waals surface area contributed by atoms with E-state index in [1.54, 1.807) is 20.8 Å². The van der Waals surface area contributed by atoms with Crippen molar-refractivity contribution >= 4 is 12.0 Å². The van der Waals surface area contributed by atoms with Gasteiger partial charge < -0.3 is 4.74 Å². The number of carbonyl (C=O) groups excluding carboxylic acids is 2. The zero-order valence-corrected chi connectivity index (χ0v) is 8.43. The van der Waals surface area contributed by atoms with E-state index in [9.17, 15) is 9.59 Å². The van der Waals surface area contributed by atoms with Crippen molar-refractivity contribution in [3.8, 4) is 0 Å². The smallest absolute Gasteiger partial charge is 0.416 e. The van der Waals surface area contributed by atoms with Crippen molar-refractivity contribution in [2.24, 2.45) is 5.41 Å². The Kier molecular flexibility index (Phi) is 3.66. The molecule has 2 amide bonds. The summed E-state index contributed by atoms with van der Waals surface area (Å²) in [5.41, 5.74) is -0.603. The van der Waals surface area contributed by atoms with Gasteiger partial charge in [-0.1, -0.05) is 27.4 Å². The lowest BCUT2D eigenvalue weighted by Gasteiger charge is -2.16. The quantitative estimate of drug-likeness (QED) is 0.634. The highest BCUT2D eigenvalue weighted by atomic mass is 16.6. The van der Waals surface area contributed by atoms with Crippen molar-refractivity contribution in [3.63, 3.8) is 0 Å². The Morgan fingerprint density at radius 3 is 2.08 bits per heavy atom. The minimum Gasteiger partial charge on any atom is -0.416 e. The molecular weight excluding hydrogens is 170 g/mol. The summed E-state index contributed by atoms with van der Waals surface area (Å²) in [7, 11) is 0. The number of alkyl carbamates (subject to hydrolysis) is 1. The number of hydrogen-bond donors (Lipinski definition) is 1. The third-order valence-electron chi connectivity index (χ3n) is 1.16. The third-order valence-corrected chi connectivity index (χ3v) is 1.16. The van der Waals surface area contributed by atoms with Crippen molar-refractivity contribution in [2.45, 2.75) is 27.7 Å². The maximum absolute atomic E-state index is 11.2. The molecule has 0 aromatic rings. The van der Waals surface area contributed by atoms with Gasteiger partial charge in [0.05, 0.1) is 5.76 Å². The summed E-state index contributed by atoms with van der Waals surface area (Å²) in [6, 6.07) is 0. The first-order valence-electron chi connectivity index (χ1n) is 3.92. The first-order chi connectivity index (χ1) is 5.73. The Labute approximate surface area is 78.0 Å². The highest BCUT2D eigenvalue weighted by molar-refractivity contribution is 5.94. The van der Waals surface area contributed by atoms with Gasteiger partial charge in [0.2, 0.25) is 5.91 Å². The van der Waals surface area contributed by atoms with Gasteiger partial charge in [-0.05, 0) is 6.92 Å². The van der Waals surface area contributed by atoms with Crippen molar-refractivity contribution in [1.29, 1.82) is 0 Å². The molecular formula is C9H15NO3. The number of imide groups is 1. The monoisotopic (exact) mass is 185 g/mol. The number of carbonyl (C=O) groups is 2. The molecule has 0 atom stereocenters. The minimum absolute atomic E-state index is 0.249. The van der Waals surface area contributed by atoms with Crippen LogP contribution in [-0.2, 0) is 9.53 Å². The largest absolute Gasteiger partial charge is 0.418 e. The van der Waals surface area contributed by atoms with Crippen molar-refractivity contribution < 1.29 is 14.3 Å². The molecule has 0 heterocycles. The van der Waals surface area contributed by atoms with E-state index in [2.05, 4.69) is 16.6 Å². The van der Waals surface area contributed by atoms with Crippen LogP contribution in [0.2, 0.25) is 0 Å². The Morgan fingerprint density at radius 2 is 1.77 bits per heavy atom. The molecule has 1 N–H and O–H groups in total. The maximum atomic E-state index is 11.2. The van der Waals surface area contributed by atoms with Crippen LogP contribution >= 0.6 is 0 Å². The Balaban J connectivity index is 4.08. The Morgan fingerprint density at radius 1 is 1.31 bits per heavy atom. The maximum Gasteiger partial charge on any atom is 0.418 e. The number of ether oxygens (including phenoxy) is 1. The van der Waals surface area contributed by atoms with E-state index in [0.717, 1.165) is 0 Å². The molecule has 74 valence electrons. The number of nitrogens with one attached hydrogen (secondary N) is 1. The second-order valence-corrected chi connectivity index (χ2v) is 3.80. The predicted octanol–water partition coefficient (Wildman–Crippen LogP) is 1.82. The van der Waals surface area contributed by atoms with Crippen molar-refractivity contribution in [1.82, 2.24) is 5.32 Å². The lowest BCUT2D eigenvalue weighted by Crippen LogP contribution is -2.38. The molecule has 0 spiro atoms. The average Bonchev–Trinajstić information content (AvgIpc) is 1.82. The van der Waals surface area contributed by atoms with Crippen LogP contribution in [0.5, 0.6) is 0 Å². The van der Waals surface area contributed by atoms with Crippen LogP contribution in [0.25, 0.3) is 0 Å². The molecule has 0 radical (unpaired) electrons. The molecule has 0 saturated heterocycles. The molecule has 0 unspecified atom stereocenters. The molecule has 4 heteroatoms. The molecule has 0 bridgehead atoms. The topological polar surface area (TPSA) is 55.4 Å². The van der Waals surface area contributed by atoms with Gasteiger partial charge in [-0.15, -0.1) is 0 Å². The molecule has 4 nitrogen and oxygen atoms in total. The Bertz CT molecular complexity index is 238. The second-order valence-electron chi connectivity index (χ2n) is 3.80. The van der Waals surface area contributed by atoms with E-state index in [4.69, 9.17) is 0 Å². The summed E-state index contributed by atoms with van der Waals surface area (Å²) in [5, 5.41) is 2.09. The number of hydrogen-bond acceptors (Lipinski definition) is 3. The first kappa shape index (κ1) is 11.7. The highest BCUT2D eigenvalue weighted by Gasteiger charge is 2.23. The fraction of sp³-hybridized carbons (Fsp3) is 0.556. The molecule has 0 fully saturated rings. The summed E-state index contributed by atoms with van der Waals surface area (Å²) < 4.78 is 4.55. The van der Waals surface area contributed by atoms with E-state index in [1.807, 2.05) is 0 Å². The highest BCUT2D eigenvalue weighted by Crippen LogP contribution is 2.12. The average molecular weight is 185 g/mol. The molecule has 13 heavy (non-hydrogen) atoms. The SMILES string of the molecule is C=C(C)OC(=O)NC(=O)C(C)(C)C. The van der Waals surface area contributed by atoms with Gasteiger partial charge >= 0.3 is 6.09 Å². The molecule has 0 aromatic heterocycles. The molecule has 0 aromatic carbocycles. The fourth-order valence-corrected chi connectivity index (χ4v) is 0.464. The van der Waals surface area contributed by atoms with Crippen molar-refractivity contribution in [3.05, 3.63) is 12.3 Å². The summed E-state index contributed by atoms with van der Waals surface area (Å²) in [4.78, 5) is 22.1. The van der Waals surface area contributed by atoms with Crippen LogP contribution in [0.15, 0.2) is 12.3 Å². The normalized spacial score (nSPS) is 10.5. The van der Waals surface area contributed by atoms with Crippen LogP contribution in [0.1, 0.15) is 27.7 Å². The standard InChI is InChI=1S/C9H15NO3/c1-6(2)13-8(12)10-7(11)9(3,4)5/h1H2,2-5H3,(H,10,11,12). The van der Waals surface area contributed by atoms with Gasteiger partial charge in [-0.2, -0.15) is 0 Å². The second kappa shape index (κ2) is 4.07. The van der Waals surface area contributed by atoms with Crippen LogP contribution in [-0.4, -0.2) is 12.0 Å². The summed E-state index contributed by atoms with van der Waals surface area (Å²) in [5.74, 6) is -0.127. The number of allylic oxidation sites excluding steroid dienone is 1. The molecule has 0 rings (SSSR count). The molecule has 0 aliphatic heterocycles. The van der Waals surface area contributed by atoms with E-state index >= 15 is 0 Å². The summed E-state index contributed by atoms with van der Waals surface area (Å²) in [6.45, 7) is 10.0. The Hall–Kier alpha value is -1.32. The van der Waals surface area contributed by atoms with Gasteiger partial charge in [0.1, 0.15) is 0 Å². The third kappa shape index (κ3) is 5.00. The zero-order valence-electron chi connectivity index (χ0n) is 8.43. The molecule has 0 saturated carbocycles. The van der Waals surface area contributed by atoms with E-state index in [-0.39, 0.29) is 11.7 Å². The van der Waals surface area contributed by atoms with E-state index < -0.39 is 11.5 Å². The fourth-order valence-electron chi connectivity index (χ4n) is 0.464. The summed E-state index contributed by atoms with van der Waals surface area (Å²) >= 11 is 0. The molecule has 0 aliphatic carbocycles.